The van der Waals surface area contributed by atoms with Gasteiger partial charge in [0.15, 0.2) is 0 Å². The molecule has 6 nitrogen and oxygen atoms in total. The average molecular weight is 434 g/mol. The molecule has 0 saturated heterocycles. The van der Waals surface area contributed by atoms with Crippen molar-refractivity contribution in [2.45, 2.75) is 6.92 Å². The van der Waals surface area contributed by atoms with Crippen molar-refractivity contribution < 1.29 is 0 Å². The van der Waals surface area contributed by atoms with Gasteiger partial charge in [0.1, 0.15) is 0 Å². The normalized spacial score (nSPS) is 11.3. The second kappa shape index (κ2) is 8.51. The van der Waals surface area contributed by atoms with Gasteiger partial charge in [-0.1, -0.05) is 72.8 Å². The molecule has 0 aliphatic heterocycles. The lowest BCUT2D eigenvalue weighted by Gasteiger charge is -1.99. The standard InChI is InChI=1S/C27H22N4O2/c1-19-24(26(32)30(28-19)21-13-7-3-8-14-21)25-23(18-17-20-11-5-2-6-12-20)29-31(27(25)33)22-15-9-4-10-16-22/h2-18,28-29H,1H3. The Bertz CT molecular complexity index is 1540. The molecule has 33 heavy (non-hydrogen) atoms. The second-order valence-corrected chi connectivity index (χ2v) is 7.71. The third-order valence-corrected chi connectivity index (χ3v) is 5.51. The van der Waals surface area contributed by atoms with Gasteiger partial charge < -0.3 is 0 Å². The minimum Gasteiger partial charge on any atom is -0.295 e. The molecule has 5 aromatic rings. The van der Waals surface area contributed by atoms with Crippen molar-refractivity contribution >= 4 is 12.2 Å². The maximum atomic E-state index is 13.6. The van der Waals surface area contributed by atoms with Gasteiger partial charge in [0, 0.05) is 5.69 Å². The van der Waals surface area contributed by atoms with E-state index in [0.29, 0.717) is 33.9 Å². The van der Waals surface area contributed by atoms with Crippen LogP contribution >= 0.6 is 0 Å². The third-order valence-electron chi connectivity index (χ3n) is 5.51. The fourth-order valence-electron chi connectivity index (χ4n) is 3.92. The van der Waals surface area contributed by atoms with Crippen LogP contribution in [0.5, 0.6) is 0 Å². The van der Waals surface area contributed by atoms with Gasteiger partial charge in [0.05, 0.1) is 28.2 Å². The van der Waals surface area contributed by atoms with E-state index < -0.39 is 0 Å². The SMILES string of the molecule is Cc1[nH]n(-c2ccccc2)c(=O)c1-c1c(C=Cc2ccccc2)[nH]n(-c2ccccc2)c1=O. The molecule has 162 valence electrons. The fourth-order valence-corrected chi connectivity index (χ4v) is 3.92. The number of rotatable bonds is 5. The van der Waals surface area contributed by atoms with E-state index in [1.54, 1.807) is 6.92 Å². The summed E-state index contributed by atoms with van der Waals surface area (Å²) in [5.74, 6) is 0. The Labute approximate surface area is 190 Å². The summed E-state index contributed by atoms with van der Waals surface area (Å²) >= 11 is 0. The first-order valence-electron chi connectivity index (χ1n) is 10.6. The van der Waals surface area contributed by atoms with Gasteiger partial charge in [-0.05, 0) is 42.8 Å². The number of hydrogen-bond donors (Lipinski definition) is 2. The number of benzene rings is 3. The zero-order valence-corrected chi connectivity index (χ0v) is 18.0. The molecule has 0 atom stereocenters. The second-order valence-electron chi connectivity index (χ2n) is 7.71. The summed E-state index contributed by atoms with van der Waals surface area (Å²) < 4.78 is 2.94. The van der Waals surface area contributed by atoms with Crippen LogP contribution in [0.3, 0.4) is 0 Å². The molecule has 0 spiro atoms. The highest BCUT2D eigenvalue weighted by Gasteiger charge is 2.23. The van der Waals surface area contributed by atoms with E-state index in [9.17, 15) is 9.59 Å². The zero-order chi connectivity index (χ0) is 22.8. The lowest BCUT2D eigenvalue weighted by molar-refractivity contribution is 0.835. The number of para-hydroxylation sites is 2. The highest BCUT2D eigenvalue weighted by atomic mass is 16.1. The largest absolute Gasteiger partial charge is 0.295 e. The monoisotopic (exact) mass is 434 g/mol. The first-order chi connectivity index (χ1) is 16.1. The average Bonchev–Trinajstić information content (AvgIpc) is 3.34. The van der Waals surface area contributed by atoms with Crippen molar-refractivity contribution in [2.24, 2.45) is 0 Å². The van der Waals surface area contributed by atoms with Crippen molar-refractivity contribution in [1.29, 1.82) is 0 Å². The first-order valence-corrected chi connectivity index (χ1v) is 10.6. The highest BCUT2D eigenvalue weighted by molar-refractivity contribution is 5.79. The quantitative estimate of drug-likeness (QED) is 0.417. The molecule has 0 fully saturated rings. The minimum absolute atomic E-state index is 0.274. The molecule has 0 radical (unpaired) electrons. The summed E-state index contributed by atoms with van der Waals surface area (Å²) in [5.41, 5.74) is 3.70. The molecule has 0 amide bonds. The fraction of sp³-hybridized carbons (Fsp3) is 0.0370. The van der Waals surface area contributed by atoms with Crippen LogP contribution in [0.1, 0.15) is 17.0 Å². The lowest BCUT2D eigenvalue weighted by atomic mass is 10.1. The maximum Gasteiger partial charge on any atom is 0.279 e. The van der Waals surface area contributed by atoms with Crippen LogP contribution in [-0.2, 0) is 0 Å². The van der Waals surface area contributed by atoms with Crippen LogP contribution in [0.4, 0.5) is 0 Å². The summed E-state index contributed by atoms with van der Waals surface area (Å²) in [7, 11) is 0. The van der Waals surface area contributed by atoms with Crippen LogP contribution in [0.15, 0.2) is 101 Å². The molecule has 0 unspecified atom stereocenters. The number of aryl methyl sites for hydroxylation is 1. The Morgan fingerprint density at radius 3 is 1.67 bits per heavy atom. The van der Waals surface area contributed by atoms with Crippen molar-refractivity contribution in [2.75, 3.05) is 0 Å². The summed E-state index contributed by atoms with van der Waals surface area (Å²) in [5, 5.41) is 6.32. The molecule has 0 bridgehead atoms. The first kappa shape index (κ1) is 20.3. The predicted molar refractivity (Wildman–Crippen MR) is 132 cm³/mol. The van der Waals surface area contributed by atoms with E-state index in [2.05, 4.69) is 10.2 Å². The van der Waals surface area contributed by atoms with E-state index in [4.69, 9.17) is 0 Å². The van der Waals surface area contributed by atoms with Crippen LogP contribution in [-0.4, -0.2) is 19.6 Å². The molecule has 5 rings (SSSR count). The van der Waals surface area contributed by atoms with E-state index in [0.717, 1.165) is 5.56 Å². The maximum absolute atomic E-state index is 13.6. The Morgan fingerprint density at radius 1 is 0.606 bits per heavy atom. The molecule has 2 aromatic heterocycles. The topological polar surface area (TPSA) is 75.6 Å². The predicted octanol–water partition coefficient (Wildman–Crippen LogP) is 4.79. The Hall–Kier alpha value is -4.58. The number of H-pyrrole nitrogens is 2. The number of aromatic nitrogens is 4. The molecule has 0 saturated carbocycles. The molecule has 3 aromatic carbocycles. The van der Waals surface area contributed by atoms with Crippen LogP contribution < -0.4 is 11.1 Å². The van der Waals surface area contributed by atoms with E-state index in [1.165, 1.54) is 9.36 Å². The number of aromatic amines is 2. The van der Waals surface area contributed by atoms with E-state index >= 15 is 0 Å². The lowest BCUT2D eigenvalue weighted by Crippen LogP contribution is -2.20. The van der Waals surface area contributed by atoms with Gasteiger partial charge in [-0.2, -0.15) is 0 Å². The molecular weight excluding hydrogens is 412 g/mol. The summed E-state index contributed by atoms with van der Waals surface area (Å²) in [6.45, 7) is 1.81. The molecular formula is C27H22N4O2. The van der Waals surface area contributed by atoms with Crippen LogP contribution in [0, 0.1) is 6.92 Å². The van der Waals surface area contributed by atoms with Crippen molar-refractivity contribution in [3.05, 3.63) is 129 Å². The Kier molecular flexibility index (Phi) is 5.24. The van der Waals surface area contributed by atoms with E-state index in [1.807, 2.05) is 103 Å². The molecule has 0 aliphatic carbocycles. The van der Waals surface area contributed by atoms with Gasteiger partial charge in [-0.15, -0.1) is 0 Å². The number of hydrogen-bond acceptors (Lipinski definition) is 2. The number of nitrogens with one attached hydrogen (secondary N) is 2. The van der Waals surface area contributed by atoms with Crippen LogP contribution in [0.2, 0.25) is 0 Å². The Morgan fingerprint density at radius 2 is 1.09 bits per heavy atom. The van der Waals surface area contributed by atoms with Crippen molar-refractivity contribution in [3.8, 4) is 22.5 Å². The molecule has 0 aliphatic rings. The summed E-state index contributed by atoms with van der Waals surface area (Å²) in [6, 6.07) is 28.4. The molecule has 2 N–H and O–H groups in total. The van der Waals surface area contributed by atoms with Gasteiger partial charge in [0.2, 0.25) is 0 Å². The number of nitrogens with zero attached hydrogens (tertiary/aromatic N) is 2. The van der Waals surface area contributed by atoms with Crippen molar-refractivity contribution in [1.82, 2.24) is 19.6 Å². The molecule has 6 heteroatoms. The van der Waals surface area contributed by atoms with Crippen LogP contribution in [0.25, 0.3) is 34.7 Å². The zero-order valence-electron chi connectivity index (χ0n) is 18.0. The van der Waals surface area contributed by atoms with Crippen molar-refractivity contribution in [3.63, 3.8) is 0 Å². The molecule has 2 heterocycles. The van der Waals surface area contributed by atoms with Gasteiger partial charge in [-0.25, -0.2) is 9.36 Å². The van der Waals surface area contributed by atoms with E-state index in [-0.39, 0.29) is 11.1 Å². The van der Waals surface area contributed by atoms with Gasteiger partial charge in [-0.3, -0.25) is 19.8 Å². The van der Waals surface area contributed by atoms with Gasteiger partial charge in [0.25, 0.3) is 11.1 Å². The highest BCUT2D eigenvalue weighted by Crippen LogP contribution is 2.23. The smallest absolute Gasteiger partial charge is 0.279 e. The Balaban J connectivity index is 1.73. The van der Waals surface area contributed by atoms with Gasteiger partial charge >= 0.3 is 0 Å². The minimum atomic E-state index is -0.284. The summed E-state index contributed by atoms with van der Waals surface area (Å²) in [4.78, 5) is 27.0. The third kappa shape index (κ3) is 3.78. The summed E-state index contributed by atoms with van der Waals surface area (Å²) in [6.07, 6.45) is 3.76.